The highest BCUT2D eigenvalue weighted by molar-refractivity contribution is 7.99. The zero-order valence-electron chi connectivity index (χ0n) is 24.4. The van der Waals surface area contributed by atoms with Crippen molar-refractivity contribution in [1.29, 1.82) is 0 Å². The fourth-order valence-electron chi connectivity index (χ4n) is 6.40. The zero-order chi connectivity index (χ0) is 28.6. The SMILES string of the molecule is CC(C)(C)Cc1cnc2c(c1)[C@@H](NC[C@@H](O)[C@H](Cc1ccc3c(c1)OCO3)NC(=O)C1CCSC1)CC1(CCC1)O2. The Morgan fingerprint density at radius 3 is 2.76 bits per heavy atom. The van der Waals surface area contributed by atoms with E-state index in [1.807, 2.05) is 36.2 Å². The number of ether oxygens (including phenoxy) is 3. The third-order valence-corrected chi connectivity index (χ3v) is 9.92. The van der Waals surface area contributed by atoms with Crippen molar-refractivity contribution in [2.24, 2.45) is 11.3 Å². The fraction of sp³-hybridized carbons (Fsp3) is 0.625. The molecular weight excluding hydrogens is 538 g/mol. The van der Waals surface area contributed by atoms with Crippen molar-refractivity contribution in [2.45, 2.75) is 89.5 Å². The first-order chi connectivity index (χ1) is 19.7. The molecule has 1 aliphatic carbocycles. The Labute approximate surface area is 247 Å². The summed E-state index contributed by atoms with van der Waals surface area (Å²) in [4.78, 5) is 17.9. The average molecular weight is 582 g/mol. The van der Waals surface area contributed by atoms with Crippen LogP contribution < -0.4 is 24.8 Å². The molecule has 1 saturated heterocycles. The molecule has 2 aromatic rings. The standard InChI is InChI=1S/C32H43N3O5S/c1-31(2,3)14-21-11-23-25(15-32(8-4-9-32)40-30(23)34-16-21)33-17-26(36)24(35-29(37)22-7-10-41-18-22)12-20-5-6-27-28(13-20)39-19-38-27/h5-6,11,13,16,22,24-26,33,36H,4,7-10,12,14-15,17-19H2,1-3H3,(H,35,37)/t22?,24-,25-,26+/m0/s1. The summed E-state index contributed by atoms with van der Waals surface area (Å²) >= 11 is 1.81. The number of aliphatic hydroxyl groups is 1. The van der Waals surface area contributed by atoms with E-state index in [1.165, 1.54) is 5.56 Å². The predicted molar refractivity (Wildman–Crippen MR) is 160 cm³/mol. The van der Waals surface area contributed by atoms with Gasteiger partial charge in [-0.1, -0.05) is 26.8 Å². The van der Waals surface area contributed by atoms with E-state index in [4.69, 9.17) is 19.2 Å². The van der Waals surface area contributed by atoms with Crippen LogP contribution in [0.1, 0.15) is 75.6 Å². The summed E-state index contributed by atoms with van der Waals surface area (Å²) in [5.41, 5.74) is 3.22. The molecule has 0 bridgehead atoms. The molecule has 8 nitrogen and oxygen atoms in total. The fourth-order valence-corrected chi connectivity index (χ4v) is 7.62. The summed E-state index contributed by atoms with van der Waals surface area (Å²) in [6, 6.07) is 7.64. The van der Waals surface area contributed by atoms with E-state index in [9.17, 15) is 9.90 Å². The Morgan fingerprint density at radius 1 is 1.20 bits per heavy atom. The lowest BCUT2D eigenvalue weighted by molar-refractivity contribution is -0.125. The van der Waals surface area contributed by atoms with E-state index >= 15 is 0 Å². The summed E-state index contributed by atoms with van der Waals surface area (Å²) in [5.74, 6) is 4.00. The molecule has 3 aliphatic heterocycles. The van der Waals surface area contributed by atoms with E-state index in [1.54, 1.807) is 0 Å². The monoisotopic (exact) mass is 581 g/mol. The molecule has 41 heavy (non-hydrogen) atoms. The van der Waals surface area contributed by atoms with Crippen molar-refractivity contribution in [2.75, 3.05) is 24.8 Å². The Kier molecular flexibility index (Phi) is 8.13. The number of benzene rings is 1. The summed E-state index contributed by atoms with van der Waals surface area (Å²) in [5, 5.41) is 18.4. The second-order valence-corrected chi connectivity index (χ2v) is 14.6. The van der Waals surface area contributed by atoms with Crippen molar-refractivity contribution in [3.05, 3.63) is 47.2 Å². The first-order valence-corrected chi connectivity index (χ1v) is 16.2. The number of fused-ring (bicyclic) bond motifs is 2. The van der Waals surface area contributed by atoms with Gasteiger partial charge in [0.05, 0.1) is 12.1 Å². The lowest BCUT2D eigenvalue weighted by Crippen LogP contribution is -2.53. The van der Waals surface area contributed by atoms with Gasteiger partial charge in [0.25, 0.3) is 0 Å². The highest BCUT2D eigenvalue weighted by Gasteiger charge is 2.46. The lowest BCUT2D eigenvalue weighted by Gasteiger charge is -2.47. The van der Waals surface area contributed by atoms with Crippen LogP contribution in [0.25, 0.3) is 0 Å². The van der Waals surface area contributed by atoms with E-state index in [2.05, 4.69) is 37.5 Å². The minimum atomic E-state index is -0.784. The quantitative estimate of drug-likeness (QED) is 0.396. The Hall–Kier alpha value is -2.49. The first kappa shape index (κ1) is 28.6. The summed E-state index contributed by atoms with van der Waals surface area (Å²) < 4.78 is 17.5. The number of thioether (sulfide) groups is 1. The second kappa shape index (κ2) is 11.7. The Balaban J connectivity index is 1.19. The molecule has 1 aromatic heterocycles. The molecule has 1 spiro atoms. The van der Waals surface area contributed by atoms with Crippen molar-refractivity contribution < 1.29 is 24.1 Å². The summed E-state index contributed by atoms with van der Waals surface area (Å²) in [6.07, 6.45) is 7.54. The van der Waals surface area contributed by atoms with Crippen molar-refractivity contribution in [1.82, 2.24) is 15.6 Å². The topological polar surface area (TPSA) is 102 Å². The molecule has 0 radical (unpaired) electrons. The molecule has 9 heteroatoms. The van der Waals surface area contributed by atoms with E-state index in [-0.39, 0.29) is 35.7 Å². The van der Waals surface area contributed by atoms with Gasteiger partial charge in [-0.3, -0.25) is 4.79 Å². The van der Waals surface area contributed by atoms with Crippen LogP contribution in [0.2, 0.25) is 0 Å². The van der Waals surface area contributed by atoms with E-state index < -0.39 is 12.1 Å². The Morgan fingerprint density at radius 2 is 2.02 bits per heavy atom. The number of aliphatic hydroxyl groups excluding tert-OH is 1. The number of hydrogen-bond donors (Lipinski definition) is 3. The maximum absolute atomic E-state index is 13.2. The average Bonchev–Trinajstić information content (AvgIpc) is 3.61. The van der Waals surface area contributed by atoms with Gasteiger partial charge in [-0.15, -0.1) is 0 Å². The molecule has 1 unspecified atom stereocenters. The van der Waals surface area contributed by atoms with Gasteiger partial charge in [0, 0.05) is 42.4 Å². The third kappa shape index (κ3) is 6.62. The number of aromatic nitrogens is 1. The lowest BCUT2D eigenvalue weighted by atomic mass is 9.73. The van der Waals surface area contributed by atoms with E-state index in [0.29, 0.717) is 24.6 Å². The molecule has 6 rings (SSSR count). The van der Waals surface area contributed by atoms with E-state index in [0.717, 1.165) is 66.9 Å². The molecule has 4 heterocycles. The van der Waals surface area contributed by atoms with Gasteiger partial charge in [0.2, 0.25) is 18.6 Å². The third-order valence-electron chi connectivity index (χ3n) is 8.76. The van der Waals surface area contributed by atoms with Gasteiger partial charge < -0.3 is 30.0 Å². The van der Waals surface area contributed by atoms with Crippen molar-refractivity contribution in [3.63, 3.8) is 0 Å². The maximum Gasteiger partial charge on any atom is 0.231 e. The maximum atomic E-state index is 13.2. The van der Waals surface area contributed by atoms with Gasteiger partial charge in [-0.25, -0.2) is 4.98 Å². The number of carbonyl (C=O) groups is 1. The number of carbonyl (C=O) groups excluding carboxylic acids is 1. The largest absolute Gasteiger partial charge is 0.471 e. The van der Waals surface area contributed by atoms with Crippen LogP contribution in [0.4, 0.5) is 0 Å². The van der Waals surface area contributed by atoms with Gasteiger partial charge >= 0.3 is 0 Å². The van der Waals surface area contributed by atoms with Gasteiger partial charge in [0.1, 0.15) is 5.60 Å². The van der Waals surface area contributed by atoms with Gasteiger partial charge in [-0.2, -0.15) is 11.8 Å². The number of rotatable bonds is 9. The smallest absolute Gasteiger partial charge is 0.231 e. The number of nitrogens with one attached hydrogen (secondary N) is 2. The Bertz CT molecular complexity index is 1250. The molecule has 4 aliphatic rings. The molecule has 3 N–H and O–H groups in total. The van der Waals surface area contributed by atoms with Crippen molar-refractivity contribution >= 4 is 17.7 Å². The van der Waals surface area contributed by atoms with Gasteiger partial charge in [0.15, 0.2) is 11.5 Å². The molecule has 1 amide bonds. The molecule has 1 aromatic carbocycles. The highest BCUT2D eigenvalue weighted by Crippen LogP contribution is 2.48. The predicted octanol–water partition coefficient (Wildman–Crippen LogP) is 4.58. The first-order valence-electron chi connectivity index (χ1n) is 15.0. The molecule has 1 saturated carbocycles. The normalized spacial score (nSPS) is 23.8. The number of nitrogens with zero attached hydrogens (tertiary/aromatic N) is 1. The number of pyridine rings is 1. The van der Waals surface area contributed by atoms with Crippen LogP contribution in [-0.2, 0) is 17.6 Å². The minimum Gasteiger partial charge on any atom is -0.471 e. The van der Waals surface area contributed by atoms with Crippen LogP contribution in [-0.4, -0.2) is 58.6 Å². The van der Waals surface area contributed by atoms with Crippen LogP contribution >= 0.6 is 11.8 Å². The summed E-state index contributed by atoms with van der Waals surface area (Å²) in [7, 11) is 0. The zero-order valence-corrected chi connectivity index (χ0v) is 25.2. The van der Waals surface area contributed by atoms with Crippen LogP contribution in [0.3, 0.4) is 0 Å². The highest BCUT2D eigenvalue weighted by atomic mass is 32.2. The van der Waals surface area contributed by atoms with Crippen LogP contribution in [0.15, 0.2) is 30.5 Å². The molecular formula is C32H43N3O5S. The number of hydrogen-bond acceptors (Lipinski definition) is 8. The molecule has 2 fully saturated rings. The van der Waals surface area contributed by atoms with Gasteiger partial charge in [-0.05, 0) is 79.0 Å². The second-order valence-electron chi connectivity index (χ2n) is 13.4. The molecule has 222 valence electrons. The number of amides is 1. The van der Waals surface area contributed by atoms with Crippen LogP contribution in [0.5, 0.6) is 17.4 Å². The minimum absolute atomic E-state index is 0.00688. The van der Waals surface area contributed by atoms with Crippen LogP contribution in [0, 0.1) is 11.3 Å². The molecule has 4 atom stereocenters. The van der Waals surface area contributed by atoms with Crippen molar-refractivity contribution in [3.8, 4) is 17.4 Å². The summed E-state index contributed by atoms with van der Waals surface area (Å²) in [6.45, 7) is 7.26.